The van der Waals surface area contributed by atoms with E-state index in [-0.39, 0.29) is 6.10 Å². The molecule has 2 N–H and O–H groups in total. The maximum Gasteiger partial charge on any atom is 0.0877 e. The number of aliphatic hydroxyl groups excluding tert-OH is 1. The van der Waals surface area contributed by atoms with Crippen LogP contribution >= 0.6 is 11.3 Å². The molecule has 3 rings (SSSR count). The van der Waals surface area contributed by atoms with Crippen LogP contribution in [0.3, 0.4) is 0 Å². The van der Waals surface area contributed by atoms with Gasteiger partial charge in [-0.05, 0) is 55.4 Å². The van der Waals surface area contributed by atoms with E-state index < -0.39 is 0 Å². The molecule has 5 atom stereocenters. The fraction of sp³-hybridized carbons (Fsp3) is 0.789. The first kappa shape index (κ1) is 16.5. The van der Waals surface area contributed by atoms with Gasteiger partial charge in [-0.3, -0.25) is 0 Å². The molecule has 0 saturated heterocycles. The molecule has 1 aromatic heterocycles. The summed E-state index contributed by atoms with van der Waals surface area (Å²) in [5, 5.41) is 12.5. The Balaban J connectivity index is 1.57. The molecule has 0 aromatic carbocycles. The Hall–Kier alpha value is -0.380. The van der Waals surface area contributed by atoms with Gasteiger partial charge in [0.25, 0.3) is 0 Å². The van der Waals surface area contributed by atoms with Crippen LogP contribution in [0.2, 0.25) is 0 Å². The monoisotopic (exact) mass is 322 g/mol. The minimum absolute atomic E-state index is 0.000411. The average molecular weight is 323 g/mol. The van der Waals surface area contributed by atoms with E-state index in [1.54, 1.807) is 0 Å². The zero-order valence-corrected chi connectivity index (χ0v) is 14.8. The van der Waals surface area contributed by atoms with Crippen molar-refractivity contribution in [2.75, 3.05) is 13.1 Å². The van der Waals surface area contributed by atoms with Gasteiger partial charge >= 0.3 is 0 Å². The number of hydrogen-bond donors (Lipinski definition) is 2. The van der Waals surface area contributed by atoms with Crippen molar-refractivity contribution in [3.05, 3.63) is 22.4 Å². The summed E-state index contributed by atoms with van der Waals surface area (Å²) in [6, 6.07) is 5.29. The lowest BCUT2D eigenvalue weighted by Gasteiger charge is -2.43. The summed E-state index contributed by atoms with van der Waals surface area (Å²) in [6.45, 7) is 4.93. The molecule has 2 saturated carbocycles. The smallest absolute Gasteiger partial charge is 0.0877 e. The van der Waals surface area contributed by atoms with Crippen molar-refractivity contribution in [3.8, 4) is 0 Å². The average Bonchev–Trinajstić information content (AvgIpc) is 3.05. The van der Waals surface area contributed by atoms with Crippen molar-refractivity contribution in [2.24, 2.45) is 11.8 Å². The van der Waals surface area contributed by atoms with Crippen molar-refractivity contribution < 1.29 is 10.0 Å². The van der Waals surface area contributed by atoms with Crippen molar-refractivity contribution >= 4 is 11.3 Å². The highest BCUT2D eigenvalue weighted by molar-refractivity contribution is 7.09. The maximum absolute atomic E-state index is 10.3. The van der Waals surface area contributed by atoms with Gasteiger partial charge in [0.2, 0.25) is 0 Å². The van der Waals surface area contributed by atoms with Crippen LogP contribution in [0.25, 0.3) is 0 Å². The minimum Gasteiger partial charge on any atom is -0.393 e. The van der Waals surface area contributed by atoms with Gasteiger partial charge in [-0.15, -0.1) is 11.3 Å². The van der Waals surface area contributed by atoms with Crippen LogP contribution in [0, 0.1) is 11.8 Å². The van der Waals surface area contributed by atoms with E-state index in [1.807, 2.05) is 16.2 Å². The molecule has 2 aliphatic carbocycles. The molecule has 2 aliphatic rings. The van der Waals surface area contributed by atoms with Crippen molar-refractivity contribution in [1.29, 1.82) is 0 Å². The van der Waals surface area contributed by atoms with Gasteiger partial charge in [-0.1, -0.05) is 19.4 Å². The molecule has 1 heterocycles. The third-order valence-electron chi connectivity index (χ3n) is 6.03. The normalized spacial score (nSPS) is 33.4. The minimum atomic E-state index is 0.000411. The van der Waals surface area contributed by atoms with E-state index in [9.17, 15) is 5.11 Å². The van der Waals surface area contributed by atoms with E-state index >= 15 is 0 Å². The molecule has 0 bridgehead atoms. The molecule has 4 unspecified atom stereocenters. The molecule has 3 heteroatoms. The Labute approximate surface area is 139 Å². The number of nitrogens with one attached hydrogen (secondary N) is 1. The van der Waals surface area contributed by atoms with Crippen LogP contribution in [0.1, 0.15) is 56.7 Å². The summed E-state index contributed by atoms with van der Waals surface area (Å²) in [7, 11) is 0. The van der Waals surface area contributed by atoms with Gasteiger partial charge in [0.1, 0.15) is 0 Å². The summed E-state index contributed by atoms with van der Waals surface area (Å²) in [5.74, 6) is 1.42. The second kappa shape index (κ2) is 7.94. The van der Waals surface area contributed by atoms with Gasteiger partial charge in [-0.25, -0.2) is 0 Å². The van der Waals surface area contributed by atoms with Crippen LogP contribution in [0.15, 0.2) is 17.5 Å². The van der Waals surface area contributed by atoms with Crippen LogP contribution in [-0.2, 0) is 6.42 Å². The first-order valence-corrected chi connectivity index (χ1v) is 10.2. The molecule has 0 aliphatic heterocycles. The predicted molar refractivity (Wildman–Crippen MR) is 93.5 cm³/mol. The molecule has 124 valence electrons. The number of fused-ring (bicyclic) bond motifs is 1. The number of aliphatic hydroxyl groups is 1. The third-order valence-corrected chi connectivity index (χ3v) is 6.97. The molecule has 2 fully saturated rings. The van der Waals surface area contributed by atoms with Gasteiger partial charge < -0.3 is 10.0 Å². The fourth-order valence-electron chi connectivity index (χ4n) is 4.89. The summed E-state index contributed by atoms with van der Waals surface area (Å²) in [4.78, 5) is 3.37. The Bertz CT molecular complexity index is 433. The molecule has 2 nitrogen and oxygen atoms in total. The summed E-state index contributed by atoms with van der Waals surface area (Å²) < 4.78 is 0. The summed E-state index contributed by atoms with van der Waals surface area (Å²) in [6.07, 6.45) is 10.1. The Morgan fingerprint density at radius 2 is 2.14 bits per heavy atom. The topological polar surface area (TPSA) is 24.7 Å². The van der Waals surface area contributed by atoms with Crippen LogP contribution in [0.5, 0.6) is 0 Å². The third kappa shape index (κ3) is 3.93. The fourth-order valence-corrected chi connectivity index (χ4v) is 5.60. The van der Waals surface area contributed by atoms with Crippen molar-refractivity contribution in [3.63, 3.8) is 0 Å². The van der Waals surface area contributed by atoms with Crippen molar-refractivity contribution in [2.45, 2.75) is 70.4 Å². The molecule has 1 aromatic rings. The molecular weight excluding hydrogens is 290 g/mol. The Kier molecular flexibility index (Phi) is 5.95. The van der Waals surface area contributed by atoms with E-state index in [0.717, 1.165) is 18.4 Å². The van der Waals surface area contributed by atoms with E-state index in [2.05, 4.69) is 24.4 Å². The van der Waals surface area contributed by atoms with E-state index in [1.165, 1.54) is 62.9 Å². The molecule has 0 amide bonds. The summed E-state index contributed by atoms with van der Waals surface area (Å²) >= 11 is 1.90. The highest BCUT2D eigenvalue weighted by Gasteiger charge is 2.40. The number of quaternary nitrogens is 1. The largest absolute Gasteiger partial charge is 0.393 e. The first-order valence-electron chi connectivity index (χ1n) is 9.33. The number of thiophene rings is 1. The maximum atomic E-state index is 10.3. The Morgan fingerprint density at radius 1 is 1.23 bits per heavy atom. The van der Waals surface area contributed by atoms with Gasteiger partial charge in [0.15, 0.2) is 0 Å². The van der Waals surface area contributed by atoms with Crippen LogP contribution < -0.4 is 4.90 Å². The highest BCUT2D eigenvalue weighted by atomic mass is 32.1. The molecule has 22 heavy (non-hydrogen) atoms. The zero-order valence-electron chi connectivity index (χ0n) is 14.0. The van der Waals surface area contributed by atoms with Crippen LogP contribution in [0.4, 0.5) is 0 Å². The van der Waals surface area contributed by atoms with Crippen molar-refractivity contribution in [1.82, 2.24) is 0 Å². The van der Waals surface area contributed by atoms with E-state index in [0.29, 0.717) is 5.92 Å². The standard InChI is InChI=1S/C19H31NOS/c1-2-11-20(12-10-17-6-4-13-22-17)16-8-9-18-15(14-16)5-3-7-19(18)21/h4,6,13,15-16,18-19,21H,2-3,5,7-12,14H2,1H3/p+1/t15?,16-,18?,19?/m0/s1. The lowest BCUT2D eigenvalue weighted by atomic mass is 9.68. The number of rotatable bonds is 6. The van der Waals surface area contributed by atoms with Gasteiger partial charge in [0, 0.05) is 17.7 Å². The summed E-state index contributed by atoms with van der Waals surface area (Å²) in [5.41, 5.74) is 0. The highest BCUT2D eigenvalue weighted by Crippen LogP contribution is 2.40. The van der Waals surface area contributed by atoms with Gasteiger partial charge in [-0.2, -0.15) is 0 Å². The lowest BCUT2D eigenvalue weighted by molar-refractivity contribution is -0.927. The van der Waals surface area contributed by atoms with Crippen LogP contribution in [-0.4, -0.2) is 30.3 Å². The SMILES string of the molecule is CCC[NH+](CCc1cccs1)[C@H]1CCC2C(O)CCCC2C1. The van der Waals surface area contributed by atoms with E-state index in [4.69, 9.17) is 0 Å². The van der Waals surface area contributed by atoms with Gasteiger partial charge in [0.05, 0.1) is 25.2 Å². The molecule has 0 spiro atoms. The quantitative estimate of drug-likeness (QED) is 0.827. The Morgan fingerprint density at radius 3 is 2.91 bits per heavy atom. The lowest BCUT2D eigenvalue weighted by Crippen LogP contribution is -3.16. The molecular formula is C19H32NOS+. The zero-order chi connectivity index (χ0) is 15.4. The number of hydrogen-bond acceptors (Lipinski definition) is 2. The predicted octanol–water partition coefficient (Wildman–Crippen LogP) is 2.92. The second-order valence-electron chi connectivity index (χ2n) is 7.42. The molecule has 0 radical (unpaired) electrons. The first-order chi connectivity index (χ1) is 10.8. The second-order valence-corrected chi connectivity index (χ2v) is 8.45.